The number of fused-ring (bicyclic) bond motifs is 1. The molecule has 2 N–H and O–H groups in total. The van der Waals surface area contributed by atoms with Crippen molar-refractivity contribution in [1.82, 2.24) is 14.9 Å². The minimum Gasteiger partial charge on any atom is -0.391 e. The molecule has 0 saturated carbocycles. The van der Waals surface area contributed by atoms with Gasteiger partial charge in [-0.1, -0.05) is 20.3 Å². The molecular formula is C15H21N3O3S. The molecule has 0 aliphatic carbocycles. The van der Waals surface area contributed by atoms with Crippen LogP contribution in [0.2, 0.25) is 0 Å². The van der Waals surface area contributed by atoms with Gasteiger partial charge >= 0.3 is 0 Å². The summed E-state index contributed by atoms with van der Waals surface area (Å²) in [7, 11) is 1.63. The van der Waals surface area contributed by atoms with E-state index in [-0.39, 0.29) is 23.9 Å². The minimum atomic E-state index is -0.574. The van der Waals surface area contributed by atoms with Crippen LogP contribution < -0.4 is 10.9 Å². The van der Waals surface area contributed by atoms with Crippen LogP contribution in [-0.2, 0) is 7.05 Å². The number of hydrogen-bond donors (Lipinski definition) is 2. The Morgan fingerprint density at radius 3 is 2.86 bits per heavy atom. The number of aryl methyl sites for hydroxylation is 2. The summed E-state index contributed by atoms with van der Waals surface area (Å²) in [6, 6.07) is 0. The molecular weight excluding hydrogens is 302 g/mol. The molecule has 2 aromatic rings. The van der Waals surface area contributed by atoms with E-state index in [4.69, 9.17) is 0 Å². The van der Waals surface area contributed by atoms with Gasteiger partial charge in [-0.25, -0.2) is 4.98 Å². The number of hydrogen-bond acceptors (Lipinski definition) is 5. The average Bonchev–Trinajstić information content (AvgIpc) is 2.85. The number of nitrogens with one attached hydrogen (secondary N) is 1. The molecule has 120 valence electrons. The number of carbonyl (C=O) groups excluding carboxylic acids is 1. The van der Waals surface area contributed by atoms with Crippen molar-refractivity contribution in [3.63, 3.8) is 0 Å². The van der Waals surface area contributed by atoms with E-state index in [9.17, 15) is 14.7 Å². The van der Waals surface area contributed by atoms with E-state index in [1.54, 1.807) is 14.0 Å². The summed E-state index contributed by atoms with van der Waals surface area (Å²) in [6.45, 7) is 5.89. The van der Waals surface area contributed by atoms with E-state index in [2.05, 4.69) is 10.3 Å². The lowest BCUT2D eigenvalue weighted by atomic mass is 10.0. The predicted octanol–water partition coefficient (Wildman–Crippen LogP) is 1.44. The van der Waals surface area contributed by atoms with Crippen molar-refractivity contribution in [3.05, 3.63) is 27.1 Å². The van der Waals surface area contributed by atoms with E-state index >= 15 is 0 Å². The maximum atomic E-state index is 12.3. The highest BCUT2D eigenvalue weighted by Crippen LogP contribution is 2.26. The first-order valence-electron chi connectivity index (χ1n) is 7.27. The topological polar surface area (TPSA) is 84.2 Å². The Balaban J connectivity index is 2.24. The van der Waals surface area contributed by atoms with Crippen LogP contribution in [-0.4, -0.2) is 33.2 Å². The zero-order valence-electron chi connectivity index (χ0n) is 13.2. The SMILES string of the molecule is CCC(C)C(O)CNC(=O)c1sc2ncn(C)c(=O)c2c1C. The Morgan fingerprint density at radius 2 is 2.23 bits per heavy atom. The Bertz CT molecular complexity index is 750. The minimum absolute atomic E-state index is 0.123. The Morgan fingerprint density at radius 1 is 1.55 bits per heavy atom. The quantitative estimate of drug-likeness (QED) is 0.872. The number of thiophene rings is 1. The maximum absolute atomic E-state index is 12.3. The van der Waals surface area contributed by atoms with Crippen LogP contribution in [0.4, 0.5) is 0 Å². The molecule has 0 bridgehead atoms. The third-order valence-electron chi connectivity index (χ3n) is 3.99. The van der Waals surface area contributed by atoms with Crippen molar-refractivity contribution in [2.24, 2.45) is 13.0 Å². The first kappa shape index (κ1) is 16.6. The van der Waals surface area contributed by atoms with Gasteiger partial charge in [0, 0.05) is 13.6 Å². The van der Waals surface area contributed by atoms with Crippen LogP contribution in [0.5, 0.6) is 0 Å². The van der Waals surface area contributed by atoms with Gasteiger partial charge in [-0.15, -0.1) is 11.3 Å². The van der Waals surface area contributed by atoms with Crippen LogP contribution in [0.15, 0.2) is 11.1 Å². The number of carbonyl (C=O) groups is 1. The third-order valence-corrected chi connectivity index (χ3v) is 5.19. The molecule has 7 heteroatoms. The Hall–Kier alpha value is -1.73. The summed E-state index contributed by atoms with van der Waals surface area (Å²) in [5.74, 6) is -0.150. The molecule has 0 spiro atoms. The number of aliphatic hydroxyl groups excluding tert-OH is 1. The maximum Gasteiger partial charge on any atom is 0.262 e. The second-order valence-electron chi connectivity index (χ2n) is 5.56. The van der Waals surface area contributed by atoms with Crippen molar-refractivity contribution in [2.75, 3.05) is 6.54 Å². The normalized spacial score (nSPS) is 14.0. The van der Waals surface area contributed by atoms with E-state index < -0.39 is 6.10 Å². The van der Waals surface area contributed by atoms with Gasteiger partial charge in [0.25, 0.3) is 11.5 Å². The summed E-state index contributed by atoms with van der Waals surface area (Å²) in [4.78, 5) is 29.7. The van der Waals surface area contributed by atoms with E-state index in [1.807, 2.05) is 13.8 Å². The molecule has 0 aliphatic heterocycles. The molecule has 2 rings (SSSR count). The number of rotatable bonds is 5. The monoisotopic (exact) mass is 323 g/mol. The van der Waals surface area contributed by atoms with Crippen molar-refractivity contribution in [1.29, 1.82) is 0 Å². The zero-order chi connectivity index (χ0) is 16.4. The highest BCUT2D eigenvalue weighted by Gasteiger charge is 2.20. The van der Waals surface area contributed by atoms with Gasteiger partial charge in [0.05, 0.1) is 22.7 Å². The van der Waals surface area contributed by atoms with Crippen LogP contribution in [0, 0.1) is 12.8 Å². The van der Waals surface area contributed by atoms with Gasteiger partial charge in [-0.2, -0.15) is 0 Å². The van der Waals surface area contributed by atoms with E-state index in [1.165, 1.54) is 22.2 Å². The summed E-state index contributed by atoms with van der Waals surface area (Å²) < 4.78 is 1.40. The van der Waals surface area contributed by atoms with Gasteiger partial charge in [-0.3, -0.25) is 9.59 Å². The molecule has 2 aromatic heterocycles. The zero-order valence-corrected chi connectivity index (χ0v) is 14.0. The molecule has 22 heavy (non-hydrogen) atoms. The molecule has 2 unspecified atom stereocenters. The second-order valence-corrected chi connectivity index (χ2v) is 6.56. The highest BCUT2D eigenvalue weighted by molar-refractivity contribution is 7.20. The van der Waals surface area contributed by atoms with Gasteiger partial charge in [0.1, 0.15) is 4.83 Å². The molecule has 0 aliphatic rings. The fourth-order valence-corrected chi connectivity index (χ4v) is 3.23. The third kappa shape index (κ3) is 3.05. The number of nitrogens with zero attached hydrogens (tertiary/aromatic N) is 2. The number of amides is 1. The molecule has 0 saturated heterocycles. The number of aromatic nitrogens is 2. The van der Waals surface area contributed by atoms with Crippen LogP contribution in [0.1, 0.15) is 35.5 Å². The lowest BCUT2D eigenvalue weighted by Gasteiger charge is -2.17. The standard InChI is InChI=1S/C15H21N3O3S/c1-5-8(2)10(19)6-16-13(20)12-9(3)11-14(22-12)17-7-18(4)15(11)21/h7-8,10,19H,5-6H2,1-4H3,(H,16,20). The average molecular weight is 323 g/mol. The molecule has 0 aromatic carbocycles. The predicted molar refractivity (Wildman–Crippen MR) is 87.4 cm³/mol. The molecule has 2 heterocycles. The largest absolute Gasteiger partial charge is 0.391 e. The summed E-state index contributed by atoms with van der Waals surface area (Å²) >= 11 is 1.20. The molecule has 1 amide bonds. The van der Waals surface area contributed by atoms with Crippen molar-refractivity contribution < 1.29 is 9.90 Å². The Kier molecular flexibility index (Phi) is 4.97. The van der Waals surface area contributed by atoms with Gasteiger partial charge < -0.3 is 15.0 Å². The van der Waals surface area contributed by atoms with E-state index in [0.29, 0.717) is 20.7 Å². The summed E-state index contributed by atoms with van der Waals surface area (Å²) in [5.41, 5.74) is 0.488. The van der Waals surface area contributed by atoms with Gasteiger partial charge in [0.15, 0.2) is 0 Å². The number of aliphatic hydroxyl groups is 1. The van der Waals surface area contributed by atoms with Gasteiger partial charge in [0.2, 0.25) is 0 Å². The smallest absolute Gasteiger partial charge is 0.262 e. The van der Waals surface area contributed by atoms with Gasteiger partial charge in [-0.05, 0) is 18.4 Å². The fourth-order valence-electron chi connectivity index (χ4n) is 2.18. The molecule has 0 radical (unpaired) electrons. The fraction of sp³-hybridized carbons (Fsp3) is 0.533. The van der Waals surface area contributed by atoms with Crippen LogP contribution >= 0.6 is 11.3 Å². The second kappa shape index (κ2) is 6.58. The highest BCUT2D eigenvalue weighted by atomic mass is 32.1. The summed E-state index contributed by atoms with van der Waals surface area (Å²) in [5, 5.41) is 13.1. The molecule has 0 fully saturated rings. The van der Waals surface area contributed by atoms with Crippen molar-refractivity contribution in [3.8, 4) is 0 Å². The summed E-state index contributed by atoms with van der Waals surface area (Å²) in [6.07, 6.45) is 1.73. The first-order valence-corrected chi connectivity index (χ1v) is 8.09. The van der Waals surface area contributed by atoms with Crippen LogP contribution in [0.3, 0.4) is 0 Å². The van der Waals surface area contributed by atoms with E-state index in [0.717, 1.165) is 6.42 Å². The Labute approximate surface area is 132 Å². The first-order chi connectivity index (χ1) is 10.4. The molecule has 6 nitrogen and oxygen atoms in total. The lowest BCUT2D eigenvalue weighted by Crippen LogP contribution is -2.35. The lowest BCUT2D eigenvalue weighted by molar-refractivity contribution is 0.0853. The van der Waals surface area contributed by atoms with Crippen molar-refractivity contribution in [2.45, 2.75) is 33.3 Å². The van der Waals surface area contributed by atoms with Crippen molar-refractivity contribution >= 4 is 27.5 Å². The van der Waals surface area contributed by atoms with Crippen LogP contribution in [0.25, 0.3) is 10.2 Å². The molecule has 2 atom stereocenters.